The maximum Gasteiger partial charge on any atom is 0.269 e. The second-order valence-corrected chi connectivity index (χ2v) is 6.18. The van der Waals surface area contributed by atoms with Crippen LogP contribution < -0.4 is 21.5 Å². The number of rotatable bonds is 4. The number of halogens is 2. The van der Waals surface area contributed by atoms with Crippen LogP contribution in [0.4, 0.5) is 14.6 Å². The number of aliphatic hydroxyl groups is 1. The Bertz CT molecular complexity index is 1090. The molecule has 13 heteroatoms. The number of aromatic nitrogens is 2. The summed E-state index contributed by atoms with van der Waals surface area (Å²) in [5, 5.41) is 14.5. The van der Waals surface area contributed by atoms with E-state index in [2.05, 4.69) is 20.6 Å². The lowest BCUT2D eigenvalue weighted by molar-refractivity contribution is -0.130. The van der Waals surface area contributed by atoms with Crippen molar-refractivity contribution in [3.05, 3.63) is 65.3 Å². The van der Waals surface area contributed by atoms with Gasteiger partial charge in [0.1, 0.15) is 29.0 Å². The van der Waals surface area contributed by atoms with Crippen LogP contribution in [0.5, 0.6) is 0 Å². The first-order valence-electron chi connectivity index (χ1n) is 8.62. The van der Waals surface area contributed by atoms with Gasteiger partial charge in [0.15, 0.2) is 0 Å². The zero-order valence-electron chi connectivity index (χ0n) is 15.5. The Balaban J connectivity index is 1.61. The highest BCUT2D eigenvalue weighted by atomic mass is 19.1. The molecule has 160 valence electrons. The van der Waals surface area contributed by atoms with E-state index in [9.17, 15) is 33.1 Å². The molecule has 1 aliphatic heterocycles. The molecule has 0 saturated heterocycles. The van der Waals surface area contributed by atoms with Crippen molar-refractivity contribution in [2.75, 3.05) is 5.32 Å². The largest absolute Gasteiger partial charge is 0.511 e. The first-order chi connectivity index (χ1) is 14.7. The molecule has 0 fully saturated rings. The molecule has 0 spiro atoms. The van der Waals surface area contributed by atoms with E-state index in [4.69, 9.17) is 0 Å². The summed E-state index contributed by atoms with van der Waals surface area (Å²) in [5.41, 5.74) is 3.29. The van der Waals surface area contributed by atoms with Crippen molar-refractivity contribution in [3.63, 3.8) is 0 Å². The SMILES string of the molecule is O=C(Nc1ccc(F)cn1)C1=C(O)CC(C(=O)NNC(=O)c2ccnc(F)c2)NC1=O. The van der Waals surface area contributed by atoms with Crippen LogP contribution in [-0.2, 0) is 14.4 Å². The molecule has 31 heavy (non-hydrogen) atoms. The smallest absolute Gasteiger partial charge is 0.269 e. The van der Waals surface area contributed by atoms with E-state index in [1.807, 2.05) is 10.9 Å². The predicted molar refractivity (Wildman–Crippen MR) is 98.8 cm³/mol. The Labute approximate surface area is 172 Å². The molecule has 0 aromatic carbocycles. The average molecular weight is 432 g/mol. The molecule has 0 aliphatic carbocycles. The summed E-state index contributed by atoms with van der Waals surface area (Å²) in [6, 6.07) is 2.94. The lowest BCUT2D eigenvalue weighted by Gasteiger charge is -2.24. The van der Waals surface area contributed by atoms with E-state index in [1.54, 1.807) is 0 Å². The fourth-order valence-electron chi connectivity index (χ4n) is 2.55. The topological polar surface area (TPSA) is 162 Å². The molecule has 2 aromatic heterocycles. The van der Waals surface area contributed by atoms with E-state index in [0.717, 1.165) is 30.6 Å². The average Bonchev–Trinajstić information content (AvgIpc) is 2.72. The van der Waals surface area contributed by atoms with Crippen molar-refractivity contribution in [1.82, 2.24) is 26.1 Å². The first-order valence-corrected chi connectivity index (χ1v) is 8.62. The zero-order chi connectivity index (χ0) is 22.5. The summed E-state index contributed by atoms with van der Waals surface area (Å²) in [6.07, 6.45) is 1.46. The molecule has 5 N–H and O–H groups in total. The number of anilines is 1. The zero-order valence-corrected chi connectivity index (χ0v) is 15.5. The van der Waals surface area contributed by atoms with E-state index < -0.39 is 59.2 Å². The Hall–Kier alpha value is -4.42. The van der Waals surface area contributed by atoms with Gasteiger partial charge in [-0.05, 0) is 18.2 Å². The predicted octanol–water partition coefficient (Wildman–Crippen LogP) is -0.145. The van der Waals surface area contributed by atoms with Crippen LogP contribution in [0.3, 0.4) is 0 Å². The van der Waals surface area contributed by atoms with E-state index >= 15 is 0 Å². The van der Waals surface area contributed by atoms with Gasteiger partial charge in [0.2, 0.25) is 5.95 Å². The summed E-state index contributed by atoms with van der Waals surface area (Å²) in [4.78, 5) is 55.4. The summed E-state index contributed by atoms with van der Waals surface area (Å²) in [5.74, 6) is -6.07. The minimum Gasteiger partial charge on any atom is -0.511 e. The van der Waals surface area contributed by atoms with Crippen molar-refractivity contribution in [2.45, 2.75) is 12.5 Å². The molecule has 11 nitrogen and oxygen atoms in total. The molecular weight excluding hydrogens is 418 g/mol. The maximum atomic E-state index is 13.0. The fourth-order valence-corrected chi connectivity index (χ4v) is 2.55. The van der Waals surface area contributed by atoms with Crippen molar-refractivity contribution < 1.29 is 33.1 Å². The van der Waals surface area contributed by atoms with E-state index in [0.29, 0.717) is 0 Å². The molecule has 3 rings (SSSR count). The lowest BCUT2D eigenvalue weighted by atomic mass is 10.0. The Morgan fingerprint density at radius 3 is 2.52 bits per heavy atom. The Morgan fingerprint density at radius 2 is 1.87 bits per heavy atom. The van der Waals surface area contributed by atoms with Gasteiger partial charge >= 0.3 is 0 Å². The quantitative estimate of drug-likeness (QED) is 0.255. The molecule has 3 heterocycles. The number of hydrazine groups is 1. The van der Waals surface area contributed by atoms with Crippen LogP contribution >= 0.6 is 0 Å². The van der Waals surface area contributed by atoms with Gasteiger partial charge in [-0.2, -0.15) is 4.39 Å². The lowest BCUT2D eigenvalue weighted by Crippen LogP contribution is -2.55. The number of carbonyl (C=O) groups is 4. The third-order valence-electron chi connectivity index (χ3n) is 4.02. The van der Waals surface area contributed by atoms with Gasteiger partial charge in [-0.25, -0.2) is 14.4 Å². The molecule has 0 radical (unpaired) electrons. The van der Waals surface area contributed by atoms with Crippen LogP contribution in [0, 0.1) is 11.8 Å². The van der Waals surface area contributed by atoms with Gasteiger partial charge in [0, 0.05) is 24.2 Å². The van der Waals surface area contributed by atoms with Gasteiger partial charge in [-0.1, -0.05) is 0 Å². The summed E-state index contributed by atoms with van der Waals surface area (Å²) in [7, 11) is 0. The number of hydrogen-bond acceptors (Lipinski definition) is 7. The second-order valence-electron chi connectivity index (χ2n) is 6.18. The highest BCUT2D eigenvalue weighted by Gasteiger charge is 2.35. The molecule has 0 saturated carbocycles. The highest BCUT2D eigenvalue weighted by Crippen LogP contribution is 2.17. The molecule has 1 aliphatic rings. The highest BCUT2D eigenvalue weighted by molar-refractivity contribution is 6.24. The number of aliphatic hydroxyl groups excluding tert-OH is 1. The van der Waals surface area contributed by atoms with Gasteiger partial charge in [-0.3, -0.25) is 30.0 Å². The van der Waals surface area contributed by atoms with Crippen molar-refractivity contribution in [3.8, 4) is 0 Å². The van der Waals surface area contributed by atoms with Gasteiger partial charge in [0.05, 0.1) is 6.20 Å². The summed E-state index contributed by atoms with van der Waals surface area (Å²) >= 11 is 0. The maximum absolute atomic E-state index is 13.0. The summed E-state index contributed by atoms with van der Waals surface area (Å²) in [6.45, 7) is 0. The second kappa shape index (κ2) is 8.94. The number of pyridine rings is 2. The van der Waals surface area contributed by atoms with Gasteiger partial charge < -0.3 is 15.7 Å². The number of nitrogens with zero attached hydrogens (tertiary/aromatic N) is 2. The molecule has 1 unspecified atom stereocenters. The minimum absolute atomic E-state index is 0.0605. The third kappa shape index (κ3) is 5.14. The van der Waals surface area contributed by atoms with Crippen molar-refractivity contribution >= 4 is 29.4 Å². The minimum atomic E-state index is -1.30. The molecular formula is C18H14F2N6O5. The number of carbonyl (C=O) groups excluding carboxylic acids is 4. The fraction of sp³-hybridized carbons (Fsp3) is 0.111. The standard InChI is InChI=1S/C18H14F2N6O5/c19-9-1-2-13(22-7-9)24-18(31)14-11(27)6-10(23-17(14)30)16(29)26-25-15(28)8-3-4-21-12(20)5-8/h1-5,7,10,27H,6H2,(H,23,30)(H,25,28)(H,26,29)(H,22,24,31). The third-order valence-corrected chi connectivity index (χ3v) is 4.02. The normalized spacial score (nSPS) is 15.7. The molecule has 1 atom stereocenters. The summed E-state index contributed by atoms with van der Waals surface area (Å²) < 4.78 is 25.9. The van der Waals surface area contributed by atoms with E-state index in [-0.39, 0.29) is 11.4 Å². The Kier molecular flexibility index (Phi) is 6.14. The van der Waals surface area contributed by atoms with Crippen LogP contribution in [0.1, 0.15) is 16.8 Å². The number of nitrogens with one attached hydrogen (secondary N) is 4. The number of amides is 4. The van der Waals surface area contributed by atoms with Crippen LogP contribution in [0.25, 0.3) is 0 Å². The molecule has 0 bridgehead atoms. The van der Waals surface area contributed by atoms with Crippen LogP contribution in [0.15, 0.2) is 48.0 Å². The van der Waals surface area contributed by atoms with E-state index in [1.165, 1.54) is 6.07 Å². The monoisotopic (exact) mass is 432 g/mol. The van der Waals surface area contributed by atoms with Crippen molar-refractivity contribution in [2.24, 2.45) is 0 Å². The van der Waals surface area contributed by atoms with Gasteiger partial charge in [0.25, 0.3) is 23.6 Å². The Morgan fingerprint density at radius 1 is 1.10 bits per heavy atom. The molecule has 2 aromatic rings. The van der Waals surface area contributed by atoms with Crippen LogP contribution in [0.2, 0.25) is 0 Å². The van der Waals surface area contributed by atoms with Crippen LogP contribution in [-0.4, -0.2) is 44.7 Å². The first kappa shape index (κ1) is 21.3. The number of hydrogen-bond donors (Lipinski definition) is 5. The van der Waals surface area contributed by atoms with Gasteiger partial charge in [-0.15, -0.1) is 0 Å². The van der Waals surface area contributed by atoms with Crippen molar-refractivity contribution in [1.29, 1.82) is 0 Å². The molecule has 4 amide bonds.